The van der Waals surface area contributed by atoms with Crippen molar-refractivity contribution in [2.24, 2.45) is 0 Å². The monoisotopic (exact) mass is 246 g/mol. The minimum Gasteiger partial charge on any atom is -0.350 e. The molecule has 0 saturated heterocycles. The lowest BCUT2D eigenvalue weighted by molar-refractivity contribution is 0.482. The molecule has 0 amide bonds. The van der Waals surface area contributed by atoms with Crippen molar-refractivity contribution in [3.05, 3.63) is 42.2 Å². The number of nitrogens with zero attached hydrogens (tertiary/aromatic N) is 2. The van der Waals surface area contributed by atoms with Gasteiger partial charge in [-0.1, -0.05) is 13.8 Å². The maximum Gasteiger partial charge on any atom is 0.123 e. The number of H-pyrrole nitrogens is 1. The van der Waals surface area contributed by atoms with Crippen molar-refractivity contribution < 1.29 is 0 Å². The van der Waals surface area contributed by atoms with Gasteiger partial charge in [0, 0.05) is 37.4 Å². The second-order valence-corrected chi connectivity index (χ2v) is 4.51. The Morgan fingerprint density at radius 3 is 3.00 bits per heavy atom. The van der Waals surface area contributed by atoms with Crippen molar-refractivity contribution in [3.63, 3.8) is 0 Å². The Balaban J connectivity index is 1.95. The Kier molecular flexibility index (Phi) is 4.59. The number of hydrogen-bond acceptors (Lipinski definition) is 2. The smallest absolute Gasteiger partial charge is 0.123 e. The average Bonchev–Trinajstić information content (AvgIpc) is 3.03. The molecule has 4 nitrogen and oxygen atoms in total. The van der Waals surface area contributed by atoms with E-state index in [1.54, 1.807) is 6.20 Å². The normalized spacial score (nSPS) is 12.8. The zero-order valence-corrected chi connectivity index (χ0v) is 11.2. The van der Waals surface area contributed by atoms with E-state index in [1.807, 2.05) is 6.20 Å². The molecule has 2 N–H and O–H groups in total. The molecular formula is C14H22N4. The molecule has 0 radical (unpaired) electrons. The predicted molar refractivity (Wildman–Crippen MR) is 73.2 cm³/mol. The fourth-order valence-corrected chi connectivity index (χ4v) is 2.20. The Morgan fingerprint density at radius 1 is 1.44 bits per heavy atom. The summed E-state index contributed by atoms with van der Waals surface area (Å²) >= 11 is 0. The first-order valence-corrected chi connectivity index (χ1v) is 6.71. The third-order valence-corrected chi connectivity index (χ3v) is 3.18. The highest BCUT2D eigenvalue weighted by Crippen LogP contribution is 2.13. The summed E-state index contributed by atoms with van der Waals surface area (Å²) in [6.45, 7) is 6.34. The molecule has 1 atom stereocenters. The summed E-state index contributed by atoms with van der Waals surface area (Å²) in [6, 6.07) is 4.59. The topological polar surface area (TPSA) is 45.6 Å². The maximum absolute atomic E-state index is 4.32. The van der Waals surface area contributed by atoms with Crippen LogP contribution in [-0.4, -0.2) is 14.5 Å². The van der Waals surface area contributed by atoms with Gasteiger partial charge in [0.05, 0.1) is 6.04 Å². The maximum atomic E-state index is 4.32. The molecule has 0 spiro atoms. The van der Waals surface area contributed by atoms with E-state index in [9.17, 15) is 0 Å². The number of nitrogens with one attached hydrogen (secondary N) is 2. The Hall–Kier alpha value is -1.55. The summed E-state index contributed by atoms with van der Waals surface area (Å²) in [5.41, 5.74) is 1.34. The predicted octanol–water partition coefficient (Wildman–Crippen LogP) is 2.86. The summed E-state index contributed by atoms with van der Waals surface area (Å²) in [4.78, 5) is 7.50. The highest BCUT2D eigenvalue weighted by Gasteiger charge is 2.11. The van der Waals surface area contributed by atoms with Crippen molar-refractivity contribution in [2.75, 3.05) is 0 Å². The molecule has 2 heterocycles. The molecule has 0 aliphatic heterocycles. The van der Waals surface area contributed by atoms with Gasteiger partial charge in [-0.05, 0) is 25.0 Å². The number of hydrogen-bond donors (Lipinski definition) is 2. The lowest BCUT2D eigenvalue weighted by Gasteiger charge is -2.16. The van der Waals surface area contributed by atoms with Crippen LogP contribution in [0, 0.1) is 0 Å². The first kappa shape index (κ1) is 12.9. The third kappa shape index (κ3) is 3.01. The van der Waals surface area contributed by atoms with Gasteiger partial charge in [0.15, 0.2) is 0 Å². The van der Waals surface area contributed by atoms with Crippen LogP contribution in [0.4, 0.5) is 0 Å². The summed E-state index contributed by atoms with van der Waals surface area (Å²) in [7, 11) is 0. The second kappa shape index (κ2) is 6.40. The van der Waals surface area contributed by atoms with Crippen LogP contribution in [0.25, 0.3) is 0 Å². The highest BCUT2D eigenvalue weighted by atomic mass is 15.0. The van der Waals surface area contributed by atoms with Gasteiger partial charge in [-0.25, -0.2) is 4.98 Å². The molecule has 0 aliphatic carbocycles. The van der Waals surface area contributed by atoms with Crippen LogP contribution in [0.3, 0.4) is 0 Å². The Bertz CT molecular complexity index is 444. The molecule has 2 aromatic rings. The summed E-state index contributed by atoms with van der Waals surface area (Å²) in [5.74, 6) is 1.02. The van der Waals surface area contributed by atoms with Crippen LogP contribution in [0.2, 0.25) is 0 Å². The molecule has 0 saturated carbocycles. The molecular weight excluding hydrogens is 224 g/mol. The van der Waals surface area contributed by atoms with Gasteiger partial charge in [0.25, 0.3) is 0 Å². The average molecular weight is 246 g/mol. The fourth-order valence-electron chi connectivity index (χ4n) is 2.20. The van der Waals surface area contributed by atoms with Crippen LogP contribution in [0.5, 0.6) is 0 Å². The zero-order valence-electron chi connectivity index (χ0n) is 11.2. The Labute approximate surface area is 108 Å². The van der Waals surface area contributed by atoms with E-state index in [1.165, 1.54) is 5.69 Å². The lowest BCUT2D eigenvalue weighted by atomic mass is 10.2. The van der Waals surface area contributed by atoms with E-state index < -0.39 is 0 Å². The van der Waals surface area contributed by atoms with E-state index in [4.69, 9.17) is 0 Å². The standard InChI is InChI=1S/C14H22N4/c1-3-9-18-10-5-6-12(18)11-17-13(4-2)14-15-7-8-16-14/h5-8,10,13,17H,3-4,9,11H2,1-2H3,(H,15,16). The largest absolute Gasteiger partial charge is 0.350 e. The molecule has 0 aliphatic rings. The van der Waals surface area contributed by atoms with Gasteiger partial charge < -0.3 is 14.9 Å². The molecule has 4 heteroatoms. The molecule has 2 rings (SSSR count). The summed E-state index contributed by atoms with van der Waals surface area (Å²) < 4.78 is 2.31. The van der Waals surface area contributed by atoms with Gasteiger partial charge in [0.2, 0.25) is 0 Å². The zero-order chi connectivity index (χ0) is 12.8. The second-order valence-electron chi connectivity index (χ2n) is 4.51. The molecule has 18 heavy (non-hydrogen) atoms. The van der Waals surface area contributed by atoms with Crippen LogP contribution in [0.1, 0.15) is 44.2 Å². The van der Waals surface area contributed by atoms with E-state index >= 15 is 0 Å². The minimum atomic E-state index is 0.296. The molecule has 1 unspecified atom stereocenters. The SMILES string of the molecule is CCCn1cccc1CNC(CC)c1ncc[nH]1. The van der Waals surface area contributed by atoms with E-state index in [0.717, 1.165) is 31.8 Å². The number of aryl methyl sites for hydroxylation is 1. The van der Waals surface area contributed by atoms with Crippen LogP contribution in [0.15, 0.2) is 30.7 Å². The quantitative estimate of drug-likeness (QED) is 0.789. The van der Waals surface area contributed by atoms with Crippen LogP contribution in [-0.2, 0) is 13.1 Å². The van der Waals surface area contributed by atoms with Gasteiger partial charge >= 0.3 is 0 Å². The van der Waals surface area contributed by atoms with Gasteiger partial charge in [-0.15, -0.1) is 0 Å². The van der Waals surface area contributed by atoms with Crippen molar-refractivity contribution in [3.8, 4) is 0 Å². The summed E-state index contributed by atoms with van der Waals surface area (Å²) in [5, 5.41) is 3.56. The first-order chi connectivity index (χ1) is 8.85. The van der Waals surface area contributed by atoms with E-state index in [-0.39, 0.29) is 0 Å². The van der Waals surface area contributed by atoms with Crippen molar-refractivity contribution in [2.45, 2.75) is 45.8 Å². The van der Waals surface area contributed by atoms with E-state index in [0.29, 0.717) is 6.04 Å². The number of rotatable bonds is 7. The number of aromatic nitrogens is 3. The molecule has 0 aromatic carbocycles. The first-order valence-electron chi connectivity index (χ1n) is 6.71. The van der Waals surface area contributed by atoms with Crippen molar-refractivity contribution >= 4 is 0 Å². The number of imidazole rings is 1. The van der Waals surface area contributed by atoms with Gasteiger partial charge in [0.1, 0.15) is 5.82 Å². The lowest BCUT2D eigenvalue weighted by Crippen LogP contribution is -2.22. The molecule has 0 bridgehead atoms. The van der Waals surface area contributed by atoms with Crippen LogP contribution >= 0.6 is 0 Å². The van der Waals surface area contributed by atoms with E-state index in [2.05, 4.69) is 52.0 Å². The Morgan fingerprint density at radius 2 is 2.33 bits per heavy atom. The number of aromatic amines is 1. The van der Waals surface area contributed by atoms with Crippen molar-refractivity contribution in [1.82, 2.24) is 19.9 Å². The third-order valence-electron chi connectivity index (χ3n) is 3.18. The molecule has 2 aromatic heterocycles. The molecule has 0 fully saturated rings. The van der Waals surface area contributed by atoms with Crippen LogP contribution < -0.4 is 5.32 Å². The van der Waals surface area contributed by atoms with Gasteiger partial charge in [-0.3, -0.25) is 0 Å². The highest BCUT2D eigenvalue weighted by molar-refractivity contribution is 5.07. The van der Waals surface area contributed by atoms with Gasteiger partial charge in [-0.2, -0.15) is 0 Å². The fraction of sp³-hybridized carbons (Fsp3) is 0.500. The molecule has 98 valence electrons. The van der Waals surface area contributed by atoms with Crippen molar-refractivity contribution in [1.29, 1.82) is 0 Å². The minimum absolute atomic E-state index is 0.296. The summed E-state index contributed by atoms with van der Waals surface area (Å²) in [6.07, 6.45) is 8.02.